The highest BCUT2D eigenvalue weighted by Gasteiger charge is 2.23. The highest BCUT2D eigenvalue weighted by Crippen LogP contribution is 2.32. The molecule has 2 aliphatic rings. The van der Waals surface area contributed by atoms with Gasteiger partial charge in [0.15, 0.2) is 0 Å². The van der Waals surface area contributed by atoms with Gasteiger partial charge in [0.2, 0.25) is 0 Å². The SMILES string of the molecule is C=S(C)N(Cc1ccc(C2=NN=C(C(F)F)C2)cc1F)c1ccc2c(c1)CCC2. The number of benzene rings is 2. The Morgan fingerprint density at radius 1 is 1.10 bits per heavy atom. The van der Waals surface area contributed by atoms with Crippen molar-refractivity contribution in [1.82, 2.24) is 0 Å². The number of hydrogen-bond acceptors (Lipinski definition) is 3. The molecule has 3 nitrogen and oxygen atoms in total. The van der Waals surface area contributed by atoms with Crippen LogP contribution in [0.3, 0.4) is 0 Å². The summed E-state index contributed by atoms with van der Waals surface area (Å²) >= 11 is 0. The first-order chi connectivity index (χ1) is 13.9. The van der Waals surface area contributed by atoms with Crippen LogP contribution in [0.2, 0.25) is 0 Å². The van der Waals surface area contributed by atoms with E-state index in [0.29, 0.717) is 23.4 Å². The molecule has 0 aromatic heterocycles. The number of nitrogens with zero attached hydrogens (tertiary/aromatic N) is 3. The Hall–Kier alpha value is -2.41. The monoisotopic (exact) mass is 417 g/mol. The van der Waals surface area contributed by atoms with Gasteiger partial charge in [0, 0.05) is 23.2 Å². The molecular formula is C22H22F3N3S. The summed E-state index contributed by atoms with van der Waals surface area (Å²) in [5.41, 5.74) is 4.92. The molecule has 4 rings (SSSR count). The Morgan fingerprint density at radius 3 is 2.59 bits per heavy atom. The lowest BCUT2D eigenvalue weighted by molar-refractivity contribution is 0.224. The molecule has 29 heavy (non-hydrogen) atoms. The van der Waals surface area contributed by atoms with Gasteiger partial charge in [-0.15, -0.1) is 10.7 Å². The zero-order valence-corrected chi connectivity index (χ0v) is 17.0. The van der Waals surface area contributed by atoms with Crippen LogP contribution in [0.25, 0.3) is 0 Å². The first-order valence-corrected chi connectivity index (χ1v) is 11.2. The molecule has 1 atom stereocenters. The quantitative estimate of drug-likeness (QED) is 0.580. The van der Waals surface area contributed by atoms with E-state index >= 15 is 0 Å². The maximum absolute atomic E-state index is 14.8. The molecular weight excluding hydrogens is 395 g/mol. The lowest BCUT2D eigenvalue weighted by atomic mass is 10.0. The topological polar surface area (TPSA) is 28.0 Å². The average molecular weight is 418 g/mol. The Balaban J connectivity index is 1.54. The number of alkyl halides is 2. The fourth-order valence-electron chi connectivity index (χ4n) is 3.75. The summed E-state index contributed by atoms with van der Waals surface area (Å²) < 4.78 is 42.4. The smallest absolute Gasteiger partial charge is 0.278 e. The van der Waals surface area contributed by atoms with Gasteiger partial charge in [-0.25, -0.2) is 13.2 Å². The van der Waals surface area contributed by atoms with E-state index in [9.17, 15) is 13.2 Å². The predicted molar refractivity (Wildman–Crippen MR) is 116 cm³/mol. The summed E-state index contributed by atoms with van der Waals surface area (Å²) in [4.78, 5) is 0. The molecule has 1 aliphatic carbocycles. The zero-order chi connectivity index (χ0) is 20.5. The summed E-state index contributed by atoms with van der Waals surface area (Å²) in [5.74, 6) is 3.78. The largest absolute Gasteiger partial charge is 0.318 e. The average Bonchev–Trinajstić information content (AvgIpc) is 3.35. The van der Waals surface area contributed by atoms with Crippen molar-refractivity contribution in [3.05, 3.63) is 64.5 Å². The van der Waals surface area contributed by atoms with E-state index in [-0.39, 0.29) is 28.6 Å². The zero-order valence-electron chi connectivity index (χ0n) is 16.2. The summed E-state index contributed by atoms with van der Waals surface area (Å²) in [5, 5.41) is 7.29. The summed E-state index contributed by atoms with van der Waals surface area (Å²) in [6.45, 7) is 0.388. The summed E-state index contributed by atoms with van der Waals surface area (Å²) in [6.07, 6.45) is 2.71. The molecule has 7 heteroatoms. The second kappa shape index (κ2) is 8.14. The van der Waals surface area contributed by atoms with Gasteiger partial charge >= 0.3 is 0 Å². The fraction of sp³-hybridized carbons (Fsp3) is 0.318. The molecule has 0 radical (unpaired) electrons. The minimum absolute atomic E-state index is 0.0466. The van der Waals surface area contributed by atoms with Crippen LogP contribution in [-0.2, 0) is 19.4 Å². The molecule has 0 bridgehead atoms. The molecule has 2 aromatic rings. The van der Waals surface area contributed by atoms with Gasteiger partial charge in [0.1, 0.15) is 11.5 Å². The number of aryl methyl sites for hydroxylation is 2. The number of halogens is 3. The Kier molecular flexibility index (Phi) is 5.58. The van der Waals surface area contributed by atoms with Crippen LogP contribution in [0, 0.1) is 5.82 Å². The van der Waals surface area contributed by atoms with E-state index in [1.54, 1.807) is 12.1 Å². The highest BCUT2D eigenvalue weighted by molar-refractivity contribution is 8.14. The van der Waals surface area contributed by atoms with Crippen molar-refractivity contribution in [2.75, 3.05) is 10.6 Å². The minimum atomic E-state index is -2.64. The van der Waals surface area contributed by atoms with Crippen molar-refractivity contribution in [2.45, 2.75) is 38.7 Å². The lowest BCUT2D eigenvalue weighted by Gasteiger charge is -2.26. The third kappa shape index (κ3) is 4.15. The second-order valence-corrected chi connectivity index (χ2v) is 9.01. The number of rotatable bonds is 6. The molecule has 0 amide bonds. The van der Waals surface area contributed by atoms with Crippen molar-refractivity contribution in [1.29, 1.82) is 0 Å². The van der Waals surface area contributed by atoms with E-state index in [4.69, 9.17) is 0 Å². The molecule has 1 aliphatic heterocycles. The number of hydrogen-bond donors (Lipinski definition) is 0. The molecule has 1 unspecified atom stereocenters. The molecule has 0 saturated carbocycles. The van der Waals surface area contributed by atoms with Crippen molar-refractivity contribution in [3.63, 3.8) is 0 Å². The van der Waals surface area contributed by atoms with Gasteiger partial charge in [0.05, 0.1) is 12.3 Å². The van der Waals surface area contributed by atoms with Gasteiger partial charge in [-0.1, -0.05) is 24.1 Å². The fourth-order valence-corrected chi connectivity index (χ4v) is 4.58. The molecule has 0 spiro atoms. The van der Waals surface area contributed by atoms with Crippen molar-refractivity contribution in [2.24, 2.45) is 10.2 Å². The van der Waals surface area contributed by atoms with E-state index in [1.807, 2.05) is 6.26 Å². The molecule has 2 aromatic carbocycles. The second-order valence-electron chi connectivity index (χ2n) is 7.37. The third-order valence-electron chi connectivity index (χ3n) is 5.35. The molecule has 0 fully saturated rings. The molecule has 152 valence electrons. The Morgan fingerprint density at radius 2 is 1.90 bits per heavy atom. The van der Waals surface area contributed by atoms with Crippen LogP contribution in [-0.4, -0.2) is 30.0 Å². The van der Waals surface area contributed by atoms with E-state index in [0.717, 1.165) is 18.5 Å². The standard InChI is InChI=1S/C22H22F3N3S/c1-29(2)28(18-9-8-14-4-3-5-15(14)10-18)13-17-7-6-16(11-19(17)23)20-12-21(22(24)25)27-26-20/h6-11,22H,1,3-5,12-13H2,2H3. The maximum atomic E-state index is 14.8. The molecule has 0 N–H and O–H groups in total. The van der Waals surface area contributed by atoms with Crippen LogP contribution in [0.5, 0.6) is 0 Å². The minimum Gasteiger partial charge on any atom is -0.318 e. The van der Waals surface area contributed by atoms with Gasteiger partial charge in [-0.2, -0.15) is 10.2 Å². The molecule has 0 saturated heterocycles. The van der Waals surface area contributed by atoms with E-state index in [2.05, 4.69) is 38.6 Å². The number of fused-ring (bicyclic) bond motifs is 1. The summed E-state index contributed by atoms with van der Waals surface area (Å²) in [7, 11) is -0.336. The van der Waals surface area contributed by atoms with Crippen molar-refractivity contribution >= 4 is 33.7 Å². The van der Waals surface area contributed by atoms with Crippen molar-refractivity contribution in [3.8, 4) is 0 Å². The number of anilines is 1. The van der Waals surface area contributed by atoms with Gasteiger partial charge < -0.3 is 4.31 Å². The first kappa shape index (κ1) is 19.9. The first-order valence-electron chi connectivity index (χ1n) is 9.47. The Labute approximate surface area is 171 Å². The van der Waals surface area contributed by atoms with E-state index < -0.39 is 6.43 Å². The van der Waals surface area contributed by atoms with Crippen LogP contribution < -0.4 is 4.31 Å². The van der Waals surface area contributed by atoms with Gasteiger partial charge in [-0.05, 0) is 54.8 Å². The lowest BCUT2D eigenvalue weighted by Crippen LogP contribution is -2.17. The highest BCUT2D eigenvalue weighted by atomic mass is 32.2. The van der Waals surface area contributed by atoms with Crippen LogP contribution in [0.1, 0.15) is 35.1 Å². The van der Waals surface area contributed by atoms with Crippen LogP contribution >= 0.6 is 10.7 Å². The van der Waals surface area contributed by atoms with Crippen LogP contribution in [0.4, 0.5) is 18.9 Å². The van der Waals surface area contributed by atoms with Gasteiger partial charge in [-0.3, -0.25) is 0 Å². The molecule has 1 heterocycles. The third-order valence-corrected chi connectivity index (χ3v) is 6.44. The predicted octanol–water partition coefficient (Wildman–Crippen LogP) is 5.38. The van der Waals surface area contributed by atoms with Crippen molar-refractivity contribution < 1.29 is 13.2 Å². The van der Waals surface area contributed by atoms with Gasteiger partial charge in [0.25, 0.3) is 6.43 Å². The van der Waals surface area contributed by atoms with Crippen LogP contribution in [0.15, 0.2) is 46.6 Å². The normalized spacial score (nSPS) is 16.6. The Bertz CT molecular complexity index is 1030. The van der Waals surface area contributed by atoms with E-state index in [1.165, 1.54) is 23.6 Å². The summed E-state index contributed by atoms with van der Waals surface area (Å²) in [6, 6.07) is 11.2. The maximum Gasteiger partial charge on any atom is 0.278 e.